The summed E-state index contributed by atoms with van der Waals surface area (Å²) in [5.41, 5.74) is 0.118. The number of halogens is 1. The highest BCUT2D eigenvalue weighted by atomic mass is 32.2. The van der Waals surface area contributed by atoms with Gasteiger partial charge in [0.15, 0.2) is 4.34 Å². The van der Waals surface area contributed by atoms with Gasteiger partial charge in [0.25, 0.3) is 0 Å². The Morgan fingerprint density at radius 3 is 2.80 bits per heavy atom. The van der Waals surface area contributed by atoms with Gasteiger partial charge in [0, 0.05) is 5.56 Å². The molecule has 0 aliphatic heterocycles. The van der Waals surface area contributed by atoms with E-state index in [1.165, 1.54) is 30.0 Å². The summed E-state index contributed by atoms with van der Waals surface area (Å²) in [6, 6.07) is 5.77. The first kappa shape index (κ1) is 15.2. The molecule has 0 amide bonds. The van der Waals surface area contributed by atoms with Crippen molar-refractivity contribution in [2.24, 2.45) is 0 Å². The Morgan fingerprint density at radius 2 is 2.10 bits per heavy atom. The van der Waals surface area contributed by atoms with Crippen molar-refractivity contribution >= 4 is 38.3 Å². The van der Waals surface area contributed by atoms with E-state index in [0.29, 0.717) is 4.34 Å². The first-order valence-corrected chi connectivity index (χ1v) is 9.16. The van der Waals surface area contributed by atoms with Crippen molar-refractivity contribution < 1.29 is 12.8 Å². The molecule has 0 fully saturated rings. The summed E-state index contributed by atoms with van der Waals surface area (Å²) in [7, 11) is -3.70. The molecule has 0 radical (unpaired) electrons. The molecule has 1 aromatic heterocycles. The van der Waals surface area contributed by atoms with E-state index in [0.717, 1.165) is 17.1 Å². The van der Waals surface area contributed by atoms with Crippen molar-refractivity contribution in [3.63, 3.8) is 0 Å². The van der Waals surface area contributed by atoms with E-state index in [1.54, 1.807) is 6.07 Å². The van der Waals surface area contributed by atoms with Crippen molar-refractivity contribution in [2.45, 2.75) is 17.0 Å². The molecule has 0 atom stereocenters. The van der Waals surface area contributed by atoms with Crippen LogP contribution in [-0.2, 0) is 15.8 Å². The second-order valence-electron chi connectivity index (χ2n) is 3.76. The van der Waals surface area contributed by atoms with Crippen LogP contribution in [0, 0.1) is 5.82 Å². The van der Waals surface area contributed by atoms with E-state index in [1.807, 2.05) is 6.92 Å². The predicted octanol–water partition coefficient (Wildman–Crippen LogP) is 2.73. The van der Waals surface area contributed by atoms with Gasteiger partial charge in [-0.15, -0.1) is 10.2 Å². The maximum Gasteiger partial charge on any atom is 0.238 e. The number of rotatable bonds is 6. The fourth-order valence-electron chi connectivity index (χ4n) is 1.42. The first-order chi connectivity index (χ1) is 9.50. The van der Waals surface area contributed by atoms with E-state index in [4.69, 9.17) is 0 Å². The average Bonchev–Trinajstić information content (AvgIpc) is 2.79. The number of nitrogens with one attached hydrogen (secondary N) is 1. The maximum absolute atomic E-state index is 13.4. The lowest BCUT2D eigenvalue weighted by atomic mass is 10.2. The molecule has 108 valence electrons. The molecular formula is C11H12FN3O2S3. The second-order valence-corrected chi connectivity index (χ2v) is 7.97. The van der Waals surface area contributed by atoms with E-state index in [9.17, 15) is 12.8 Å². The van der Waals surface area contributed by atoms with E-state index in [2.05, 4.69) is 14.9 Å². The van der Waals surface area contributed by atoms with Crippen LogP contribution in [0.2, 0.25) is 0 Å². The Bertz CT molecular complexity index is 688. The third-order valence-corrected chi connectivity index (χ3v) is 5.40. The van der Waals surface area contributed by atoms with E-state index < -0.39 is 21.6 Å². The van der Waals surface area contributed by atoms with Crippen LogP contribution in [0.5, 0.6) is 0 Å². The summed E-state index contributed by atoms with van der Waals surface area (Å²) in [4.78, 5) is 0. The molecule has 2 rings (SSSR count). The van der Waals surface area contributed by atoms with Crippen molar-refractivity contribution in [1.82, 2.24) is 10.2 Å². The van der Waals surface area contributed by atoms with Crippen LogP contribution in [0.15, 0.2) is 28.6 Å². The van der Waals surface area contributed by atoms with Gasteiger partial charge in [-0.3, -0.25) is 4.72 Å². The monoisotopic (exact) mass is 333 g/mol. The minimum absolute atomic E-state index is 0.118. The average molecular weight is 333 g/mol. The Balaban J connectivity index is 2.09. The molecule has 1 aromatic carbocycles. The zero-order valence-electron chi connectivity index (χ0n) is 10.5. The predicted molar refractivity (Wildman–Crippen MR) is 79.0 cm³/mol. The Hall–Kier alpha value is -1.19. The number of thioether (sulfide) groups is 1. The fraction of sp³-hybridized carbons (Fsp3) is 0.273. The van der Waals surface area contributed by atoms with Gasteiger partial charge in [-0.25, -0.2) is 12.8 Å². The van der Waals surface area contributed by atoms with Gasteiger partial charge in [-0.1, -0.05) is 48.2 Å². The molecule has 0 saturated heterocycles. The van der Waals surface area contributed by atoms with Crippen LogP contribution < -0.4 is 4.72 Å². The van der Waals surface area contributed by atoms with Gasteiger partial charge in [-0.2, -0.15) is 0 Å². The number of anilines is 1. The molecule has 0 aliphatic carbocycles. The van der Waals surface area contributed by atoms with Gasteiger partial charge in [0.2, 0.25) is 15.2 Å². The van der Waals surface area contributed by atoms with Gasteiger partial charge >= 0.3 is 0 Å². The number of aromatic nitrogens is 2. The largest absolute Gasteiger partial charge is 0.257 e. The van der Waals surface area contributed by atoms with Crippen molar-refractivity contribution in [1.29, 1.82) is 0 Å². The van der Waals surface area contributed by atoms with Crippen LogP contribution >= 0.6 is 23.1 Å². The normalized spacial score (nSPS) is 11.5. The summed E-state index contributed by atoms with van der Waals surface area (Å²) in [5.74, 6) is -0.149. The summed E-state index contributed by atoms with van der Waals surface area (Å²) in [6.07, 6.45) is 0. The van der Waals surface area contributed by atoms with Crippen molar-refractivity contribution in [3.05, 3.63) is 35.6 Å². The van der Waals surface area contributed by atoms with Gasteiger partial charge in [-0.05, 0) is 11.8 Å². The van der Waals surface area contributed by atoms with E-state index >= 15 is 0 Å². The highest BCUT2D eigenvalue weighted by Crippen LogP contribution is 2.26. The molecule has 0 aliphatic rings. The van der Waals surface area contributed by atoms with E-state index in [-0.39, 0.29) is 10.7 Å². The lowest BCUT2D eigenvalue weighted by molar-refractivity contribution is 0.591. The third-order valence-electron chi connectivity index (χ3n) is 2.22. The van der Waals surface area contributed by atoms with Gasteiger partial charge < -0.3 is 0 Å². The molecule has 2 aromatic rings. The Labute approximate surface area is 124 Å². The molecule has 9 heteroatoms. The minimum atomic E-state index is -3.70. The van der Waals surface area contributed by atoms with Crippen LogP contribution in [0.3, 0.4) is 0 Å². The van der Waals surface area contributed by atoms with Crippen LogP contribution in [0.25, 0.3) is 0 Å². The SMILES string of the molecule is CCSc1nnc(NS(=O)(=O)Cc2ccccc2F)s1. The third kappa shape index (κ3) is 4.15. The highest BCUT2D eigenvalue weighted by Gasteiger charge is 2.16. The topological polar surface area (TPSA) is 72.0 Å². The lowest BCUT2D eigenvalue weighted by Crippen LogP contribution is -2.15. The van der Waals surface area contributed by atoms with Gasteiger partial charge in [0.05, 0.1) is 5.75 Å². The quantitative estimate of drug-likeness (QED) is 0.823. The molecule has 1 heterocycles. The zero-order chi connectivity index (χ0) is 14.6. The molecule has 0 saturated carbocycles. The Morgan fingerprint density at radius 1 is 1.35 bits per heavy atom. The second kappa shape index (κ2) is 6.51. The minimum Gasteiger partial charge on any atom is -0.257 e. The summed E-state index contributed by atoms with van der Waals surface area (Å²) in [5, 5.41) is 7.78. The standard InChI is InChI=1S/C11H12FN3O2S3/c1-2-18-11-14-13-10(19-11)15-20(16,17)7-8-5-3-4-6-9(8)12/h3-6H,2,7H2,1H3,(H,13,15). The first-order valence-electron chi connectivity index (χ1n) is 5.70. The molecule has 5 nitrogen and oxygen atoms in total. The van der Waals surface area contributed by atoms with Crippen molar-refractivity contribution in [3.8, 4) is 0 Å². The number of sulfonamides is 1. The zero-order valence-corrected chi connectivity index (χ0v) is 13.0. The number of nitrogens with zero attached hydrogens (tertiary/aromatic N) is 2. The number of hydrogen-bond donors (Lipinski definition) is 1. The Kier molecular flexibility index (Phi) is 4.95. The molecular weight excluding hydrogens is 321 g/mol. The van der Waals surface area contributed by atoms with Crippen LogP contribution in [-0.4, -0.2) is 24.4 Å². The van der Waals surface area contributed by atoms with Gasteiger partial charge in [0.1, 0.15) is 5.82 Å². The summed E-state index contributed by atoms with van der Waals surface area (Å²) in [6.45, 7) is 1.97. The highest BCUT2D eigenvalue weighted by molar-refractivity contribution is 8.01. The smallest absolute Gasteiger partial charge is 0.238 e. The molecule has 0 unspecified atom stereocenters. The van der Waals surface area contributed by atoms with Crippen molar-refractivity contribution in [2.75, 3.05) is 10.5 Å². The van der Waals surface area contributed by atoms with Crippen LogP contribution in [0.4, 0.5) is 9.52 Å². The summed E-state index contributed by atoms with van der Waals surface area (Å²) >= 11 is 2.63. The molecule has 20 heavy (non-hydrogen) atoms. The summed E-state index contributed by atoms with van der Waals surface area (Å²) < 4.78 is 40.3. The lowest BCUT2D eigenvalue weighted by Gasteiger charge is -2.05. The molecule has 1 N–H and O–H groups in total. The number of benzene rings is 1. The molecule has 0 bridgehead atoms. The maximum atomic E-state index is 13.4. The van der Waals surface area contributed by atoms with Crippen LogP contribution in [0.1, 0.15) is 12.5 Å². The molecule has 0 spiro atoms. The fourth-order valence-corrected chi connectivity index (χ4v) is 4.49. The number of hydrogen-bond acceptors (Lipinski definition) is 6.